The quantitative estimate of drug-likeness (QED) is 0.782. The third-order valence-electron chi connectivity index (χ3n) is 5.41. The molecule has 3 N–H and O–H groups in total. The van der Waals surface area contributed by atoms with E-state index in [1.54, 1.807) is 0 Å². The highest BCUT2D eigenvalue weighted by Gasteiger charge is 2.44. The van der Waals surface area contributed by atoms with Crippen LogP contribution in [0.5, 0.6) is 0 Å². The molecule has 2 aliphatic carbocycles. The fraction of sp³-hybridized carbons (Fsp3) is 0.938. The van der Waals surface area contributed by atoms with Crippen molar-refractivity contribution in [3.8, 4) is 0 Å². The highest BCUT2D eigenvalue weighted by Crippen LogP contribution is 2.41. The summed E-state index contributed by atoms with van der Waals surface area (Å²) in [6.45, 7) is 3.59. The van der Waals surface area contributed by atoms with E-state index in [-0.39, 0.29) is 17.9 Å². The fourth-order valence-corrected chi connectivity index (χ4v) is 3.51. The lowest BCUT2D eigenvalue weighted by molar-refractivity contribution is -0.148. The van der Waals surface area contributed by atoms with Crippen LogP contribution in [0.15, 0.2) is 0 Å². The second-order valence-corrected chi connectivity index (χ2v) is 6.83. The van der Waals surface area contributed by atoms with E-state index in [9.17, 15) is 4.79 Å². The van der Waals surface area contributed by atoms with Crippen molar-refractivity contribution < 1.29 is 9.90 Å². The minimum Gasteiger partial charge on any atom is -0.396 e. The monoisotopic (exact) mass is 282 g/mol. The number of hydrogen-bond donors (Lipinski definition) is 2. The Bertz CT molecular complexity index is 320. The maximum atomic E-state index is 13.1. The Morgan fingerprint density at radius 1 is 1.30 bits per heavy atom. The molecular weight excluding hydrogens is 252 g/mol. The van der Waals surface area contributed by atoms with Gasteiger partial charge in [0.1, 0.15) is 0 Å². The van der Waals surface area contributed by atoms with Gasteiger partial charge in [-0.05, 0) is 57.3 Å². The second kappa shape index (κ2) is 6.90. The Kier molecular flexibility index (Phi) is 5.44. The Labute approximate surface area is 122 Å². The molecule has 4 nitrogen and oxygen atoms in total. The number of nitrogens with two attached hydrogens (primary N) is 1. The van der Waals surface area contributed by atoms with E-state index in [0.29, 0.717) is 25.6 Å². The molecule has 2 rings (SSSR count). The number of amides is 1. The average molecular weight is 282 g/mol. The maximum absolute atomic E-state index is 13.1. The molecule has 0 unspecified atom stereocenters. The third-order valence-corrected chi connectivity index (χ3v) is 5.41. The maximum Gasteiger partial charge on any atom is 0.230 e. The SMILES string of the molecule is CC1CCC(CN)(C(=O)N(CCCO)C2CCC2)CC1. The van der Waals surface area contributed by atoms with Gasteiger partial charge in [0.2, 0.25) is 5.91 Å². The summed E-state index contributed by atoms with van der Waals surface area (Å²) < 4.78 is 0. The number of aliphatic hydroxyl groups is 1. The van der Waals surface area contributed by atoms with Crippen LogP contribution in [-0.4, -0.2) is 41.7 Å². The zero-order valence-corrected chi connectivity index (χ0v) is 12.8. The summed E-state index contributed by atoms with van der Waals surface area (Å²) in [6, 6.07) is 0.400. The van der Waals surface area contributed by atoms with E-state index >= 15 is 0 Å². The number of nitrogens with zero attached hydrogens (tertiary/aromatic N) is 1. The van der Waals surface area contributed by atoms with Gasteiger partial charge in [0.05, 0.1) is 5.41 Å². The summed E-state index contributed by atoms with van der Waals surface area (Å²) in [5.74, 6) is 0.988. The number of rotatable bonds is 6. The van der Waals surface area contributed by atoms with Gasteiger partial charge in [-0.3, -0.25) is 4.79 Å². The summed E-state index contributed by atoms with van der Waals surface area (Å²) in [5.41, 5.74) is 5.69. The first kappa shape index (κ1) is 15.8. The van der Waals surface area contributed by atoms with Gasteiger partial charge in [-0.1, -0.05) is 6.92 Å². The van der Waals surface area contributed by atoms with Crippen molar-refractivity contribution in [3.63, 3.8) is 0 Å². The van der Waals surface area contributed by atoms with Gasteiger partial charge < -0.3 is 15.7 Å². The van der Waals surface area contributed by atoms with E-state index in [4.69, 9.17) is 10.8 Å². The Balaban J connectivity index is 2.07. The van der Waals surface area contributed by atoms with Crippen molar-refractivity contribution in [2.45, 2.75) is 64.3 Å². The van der Waals surface area contributed by atoms with E-state index in [0.717, 1.165) is 44.4 Å². The topological polar surface area (TPSA) is 66.6 Å². The van der Waals surface area contributed by atoms with Gasteiger partial charge in [0.25, 0.3) is 0 Å². The molecule has 0 heterocycles. The highest BCUT2D eigenvalue weighted by atomic mass is 16.3. The predicted octanol–water partition coefficient (Wildman–Crippen LogP) is 1.91. The molecule has 0 saturated heterocycles. The normalized spacial score (nSPS) is 30.9. The van der Waals surface area contributed by atoms with Crippen LogP contribution >= 0.6 is 0 Å². The Morgan fingerprint density at radius 3 is 2.40 bits per heavy atom. The molecule has 0 atom stereocenters. The van der Waals surface area contributed by atoms with Gasteiger partial charge in [-0.25, -0.2) is 0 Å². The number of carbonyl (C=O) groups excluding carboxylic acids is 1. The van der Waals surface area contributed by atoms with E-state index < -0.39 is 0 Å². The number of hydrogen-bond acceptors (Lipinski definition) is 3. The van der Waals surface area contributed by atoms with Gasteiger partial charge in [-0.2, -0.15) is 0 Å². The molecule has 20 heavy (non-hydrogen) atoms. The van der Waals surface area contributed by atoms with Gasteiger partial charge in [-0.15, -0.1) is 0 Å². The lowest BCUT2D eigenvalue weighted by Gasteiger charge is -2.45. The first-order chi connectivity index (χ1) is 9.63. The largest absolute Gasteiger partial charge is 0.396 e. The lowest BCUT2D eigenvalue weighted by Crippen LogP contribution is -2.54. The predicted molar refractivity (Wildman–Crippen MR) is 80.2 cm³/mol. The van der Waals surface area contributed by atoms with Crippen LogP contribution in [0, 0.1) is 11.3 Å². The fourth-order valence-electron chi connectivity index (χ4n) is 3.51. The average Bonchev–Trinajstić information content (AvgIpc) is 2.42. The summed E-state index contributed by atoms with van der Waals surface area (Å²) in [5, 5.41) is 9.07. The first-order valence-electron chi connectivity index (χ1n) is 8.25. The minimum atomic E-state index is -0.322. The second-order valence-electron chi connectivity index (χ2n) is 6.83. The molecule has 0 aromatic carbocycles. The summed E-state index contributed by atoms with van der Waals surface area (Å²) in [7, 11) is 0. The molecule has 2 saturated carbocycles. The van der Waals surface area contributed by atoms with Crippen LogP contribution < -0.4 is 5.73 Å². The van der Waals surface area contributed by atoms with Gasteiger partial charge in [0, 0.05) is 25.7 Å². The van der Waals surface area contributed by atoms with Crippen LogP contribution in [0.1, 0.15) is 58.3 Å². The van der Waals surface area contributed by atoms with Crippen LogP contribution in [0.3, 0.4) is 0 Å². The Hall–Kier alpha value is -0.610. The molecule has 0 aromatic rings. The van der Waals surface area contributed by atoms with Crippen LogP contribution in [0.4, 0.5) is 0 Å². The van der Waals surface area contributed by atoms with E-state index in [2.05, 4.69) is 6.92 Å². The van der Waals surface area contributed by atoms with Crippen molar-refractivity contribution >= 4 is 5.91 Å². The van der Waals surface area contributed by atoms with Crippen molar-refractivity contribution in [1.82, 2.24) is 4.90 Å². The molecule has 1 amide bonds. The molecule has 116 valence electrons. The highest BCUT2D eigenvalue weighted by molar-refractivity contribution is 5.83. The molecule has 0 radical (unpaired) electrons. The smallest absolute Gasteiger partial charge is 0.230 e. The molecular formula is C16H30N2O2. The van der Waals surface area contributed by atoms with Gasteiger partial charge >= 0.3 is 0 Å². The van der Waals surface area contributed by atoms with Gasteiger partial charge in [0.15, 0.2) is 0 Å². The summed E-state index contributed by atoms with van der Waals surface area (Å²) in [4.78, 5) is 15.1. The van der Waals surface area contributed by atoms with Crippen molar-refractivity contribution in [1.29, 1.82) is 0 Å². The molecule has 2 aliphatic rings. The number of carbonyl (C=O) groups is 1. The van der Waals surface area contributed by atoms with Crippen molar-refractivity contribution in [2.24, 2.45) is 17.1 Å². The molecule has 2 fully saturated rings. The zero-order valence-electron chi connectivity index (χ0n) is 12.8. The summed E-state index contributed by atoms with van der Waals surface area (Å²) >= 11 is 0. The molecule has 0 aromatic heterocycles. The van der Waals surface area contributed by atoms with E-state index in [1.165, 1.54) is 6.42 Å². The third kappa shape index (κ3) is 3.17. The minimum absolute atomic E-state index is 0.156. The van der Waals surface area contributed by atoms with Crippen molar-refractivity contribution in [2.75, 3.05) is 19.7 Å². The molecule has 0 spiro atoms. The Morgan fingerprint density at radius 2 is 1.95 bits per heavy atom. The van der Waals surface area contributed by atoms with Crippen LogP contribution in [0.25, 0.3) is 0 Å². The van der Waals surface area contributed by atoms with Crippen LogP contribution in [-0.2, 0) is 4.79 Å². The molecule has 0 bridgehead atoms. The lowest BCUT2D eigenvalue weighted by atomic mass is 9.69. The van der Waals surface area contributed by atoms with E-state index in [1.807, 2.05) is 4.90 Å². The van der Waals surface area contributed by atoms with Crippen LogP contribution in [0.2, 0.25) is 0 Å². The van der Waals surface area contributed by atoms with Crippen molar-refractivity contribution in [3.05, 3.63) is 0 Å². The standard InChI is InChI=1S/C16H30N2O2/c1-13-6-8-16(12-17,9-7-13)15(20)18(10-3-11-19)14-4-2-5-14/h13-14,19H,2-12,17H2,1H3. The zero-order chi connectivity index (χ0) is 14.6. The first-order valence-corrected chi connectivity index (χ1v) is 8.25. The summed E-state index contributed by atoms with van der Waals surface area (Å²) in [6.07, 6.45) is 8.24. The number of aliphatic hydroxyl groups excluding tert-OH is 1. The molecule has 4 heteroatoms. The molecule has 0 aliphatic heterocycles.